The van der Waals surface area contributed by atoms with Gasteiger partial charge in [0.05, 0.1) is 0 Å². The van der Waals surface area contributed by atoms with Crippen molar-refractivity contribution in [3.8, 4) is 0 Å². The Morgan fingerprint density at radius 1 is 1.44 bits per heavy atom. The van der Waals surface area contributed by atoms with Gasteiger partial charge >= 0.3 is 0 Å². The lowest BCUT2D eigenvalue weighted by molar-refractivity contribution is 0.387. The van der Waals surface area contributed by atoms with E-state index in [1.807, 2.05) is 31.7 Å². The van der Waals surface area contributed by atoms with E-state index in [0.717, 1.165) is 29.8 Å². The van der Waals surface area contributed by atoms with Gasteiger partial charge in [0.2, 0.25) is 5.95 Å². The number of nitrogen functional groups attached to an aromatic ring is 1. The fourth-order valence-corrected chi connectivity index (χ4v) is 1.68. The van der Waals surface area contributed by atoms with Gasteiger partial charge in [-0.3, -0.25) is 4.57 Å². The summed E-state index contributed by atoms with van der Waals surface area (Å²) in [6, 6.07) is 1.95. The smallest absolute Gasteiger partial charge is 0.202 e. The number of rotatable bonds is 3. The Balaban J connectivity index is 2.44. The number of hydrogen-bond acceptors (Lipinski definition) is 4. The first kappa shape index (κ1) is 10.9. The number of aryl methyl sites for hydroxylation is 1. The number of nitrogens with two attached hydrogens (primary N) is 1. The largest absolute Gasteiger partial charge is 0.369 e. The van der Waals surface area contributed by atoms with Crippen LogP contribution in [0.25, 0.3) is 11.2 Å². The van der Waals surface area contributed by atoms with Crippen LogP contribution >= 0.6 is 0 Å². The molecule has 2 aromatic heterocycles. The molecule has 0 amide bonds. The number of imidazole rings is 1. The van der Waals surface area contributed by atoms with E-state index < -0.39 is 0 Å². The van der Waals surface area contributed by atoms with Crippen molar-refractivity contribution in [2.45, 2.75) is 13.5 Å². The number of pyridine rings is 1. The van der Waals surface area contributed by atoms with E-state index in [2.05, 4.69) is 14.9 Å². The topological polar surface area (TPSA) is 60.0 Å². The number of aromatic nitrogens is 3. The minimum Gasteiger partial charge on any atom is -0.369 e. The van der Waals surface area contributed by atoms with Crippen molar-refractivity contribution in [2.75, 3.05) is 26.4 Å². The van der Waals surface area contributed by atoms with E-state index in [4.69, 9.17) is 5.73 Å². The summed E-state index contributed by atoms with van der Waals surface area (Å²) < 4.78 is 1.96. The van der Waals surface area contributed by atoms with E-state index in [-0.39, 0.29) is 0 Å². The predicted molar refractivity (Wildman–Crippen MR) is 65.2 cm³/mol. The molecular weight excluding hydrogens is 202 g/mol. The van der Waals surface area contributed by atoms with Gasteiger partial charge in [0, 0.05) is 19.3 Å². The molecule has 0 aliphatic heterocycles. The predicted octanol–water partition coefficient (Wildman–Crippen LogP) is 0.884. The highest BCUT2D eigenvalue weighted by Crippen LogP contribution is 2.18. The van der Waals surface area contributed by atoms with Crippen molar-refractivity contribution in [1.29, 1.82) is 0 Å². The van der Waals surface area contributed by atoms with Crippen LogP contribution in [0.1, 0.15) is 5.56 Å². The molecule has 2 heterocycles. The molecule has 0 spiro atoms. The van der Waals surface area contributed by atoms with Crippen molar-refractivity contribution in [3.63, 3.8) is 0 Å². The summed E-state index contributed by atoms with van der Waals surface area (Å²) in [6.07, 6.45) is 1.80. The van der Waals surface area contributed by atoms with Crippen molar-refractivity contribution >= 4 is 17.1 Å². The molecule has 86 valence electrons. The standard InChI is InChI=1S/C11H17N5/c1-8-4-5-13-10-9(8)14-11(12)16(10)7-6-15(2)3/h4-5H,6-7H2,1-3H3,(H2,12,14). The minimum atomic E-state index is 0.540. The first-order valence-corrected chi connectivity index (χ1v) is 5.31. The third-order valence-electron chi connectivity index (χ3n) is 2.64. The number of fused-ring (bicyclic) bond motifs is 1. The van der Waals surface area contributed by atoms with Gasteiger partial charge in [-0.2, -0.15) is 0 Å². The Morgan fingerprint density at radius 3 is 2.88 bits per heavy atom. The molecule has 0 atom stereocenters. The van der Waals surface area contributed by atoms with Crippen LogP contribution in [-0.2, 0) is 6.54 Å². The second-order valence-electron chi connectivity index (χ2n) is 4.22. The van der Waals surface area contributed by atoms with Gasteiger partial charge in [-0.1, -0.05) is 0 Å². The lowest BCUT2D eigenvalue weighted by Crippen LogP contribution is -2.19. The van der Waals surface area contributed by atoms with Gasteiger partial charge in [0.15, 0.2) is 5.65 Å². The summed E-state index contributed by atoms with van der Waals surface area (Å²) in [5.74, 6) is 0.540. The summed E-state index contributed by atoms with van der Waals surface area (Å²) in [7, 11) is 4.07. The zero-order valence-corrected chi connectivity index (χ0v) is 9.94. The lowest BCUT2D eigenvalue weighted by atomic mass is 10.3. The molecule has 2 aromatic rings. The second kappa shape index (κ2) is 4.09. The molecule has 0 fully saturated rings. The first-order valence-electron chi connectivity index (χ1n) is 5.31. The molecule has 0 unspecified atom stereocenters. The summed E-state index contributed by atoms with van der Waals surface area (Å²) >= 11 is 0. The zero-order chi connectivity index (χ0) is 11.7. The van der Waals surface area contributed by atoms with Crippen molar-refractivity contribution in [2.24, 2.45) is 0 Å². The highest BCUT2D eigenvalue weighted by molar-refractivity contribution is 5.77. The number of hydrogen-bond donors (Lipinski definition) is 1. The van der Waals surface area contributed by atoms with Gasteiger partial charge in [-0.25, -0.2) is 9.97 Å². The Kier molecular flexibility index (Phi) is 2.78. The fraction of sp³-hybridized carbons (Fsp3) is 0.455. The van der Waals surface area contributed by atoms with Crippen LogP contribution in [-0.4, -0.2) is 40.1 Å². The van der Waals surface area contributed by atoms with Crippen LogP contribution in [0.2, 0.25) is 0 Å². The summed E-state index contributed by atoms with van der Waals surface area (Å²) in [5, 5.41) is 0. The van der Waals surface area contributed by atoms with E-state index in [9.17, 15) is 0 Å². The average molecular weight is 219 g/mol. The third kappa shape index (κ3) is 1.86. The molecule has 16 heavy (non-hydrogen) atoms. The van der Waals surface area contributed by atoms with E-state index in [0.29, 0.717) is 5.95 Å². The second-order valence-corrected chi connectivity index (χ2v) is 4.22. The average Bonchev–Trinajstić information content (AvgIpc) is 2.53. The fourth-order valence-electron chi connectivity index (χ4n) is 1.68. The monoisotopic (exact) mass is 219 g/mol. The van der Waals surface area contributed by atoms with Crippen molar-refractivity contribution in [1.82, 2.24) is 19.4 Å². The third-order valence-corrected chi connectivity index (χ3v) is 2.64. The molecular formula is C11H17N5. The molecule has 5 nitrogen and oxygen atoms in total. The Labute approximate surface area is 94.9 Å². The summed E-state index contributed by atoms with van der Waals surface area (Å²) in [6.45, 7) is 3.75. The SMILES string of the molecule is Cc1ccnc2c1nc(N)n2CCN(C)C. The first-order chi connectivity index (χ1) is 7.59. The molecule has 2 rings (SSSR count). The van der Waals surface area contributed by atoms with E-state index >= 15 is 0 Å². The molecule has 0 radical (unpaired) electrons. The highest BCUT2D eigenvalue weighted by atomic mass is 15.2. The minimum absolute atomic E-state index is 0.540. The molecule has 0 aliphatic carbocycles. The van der Waals surface area contributed by atoms with Crippen LogP contribution in [0, 0.1) is 6.92 Å². The van der Waals surface area contributed by atoms with Gasteiger partial charge in [0.1, 0.15) is 5.52 Å². The highest BCUT2D eigenvalue weighted by Gasteiger charge is 2.10. The van der Waals surface area contributed by atoms with Crippen molar-refractivity contribution in [3.05, 3.63) is 17.8 Å². The maximum Gasteiger partial charge on any atom is 0.202 e. The Morgan fingerprint density at radius 2 is 2.19 bits per heavy atom. The van der Waals surface area contributed by atoms with Crippen LogP contribution in [0.15, 0.2) is 12.3 Å². The molecule has 0 saturated carbocycles. The van der Waals surface area contributed by atoms with Crippen LogP contribution < -0.4 is 5.73 Å². The number of nitrogens with zero attached hydrogens (tertiary/aromatic N) is 4. The lowest BCUT2D eigenvalue weighted by Gasteiger charge is -2.11. The van der Waals surface area contributed by atoms with Gasteiger partial charge in [0.25, 0.3) is 0 Å². The maximum absolute atomic E-state index is 5.90. The van der Waals surface area contributed by atoms with Gasteiger partial charge < -0.3 is 10.6 Å². The quantitative estimate of drug-likeness (QED) is 0.832. The van der Waals surface area contributed by atoms with Crippen LogP contribution in [0.4, 0.5) is 5.95 Å². The van der Waals surface area contributed by atoms with Gasteiger partial charge in [-0.05, 0) is 32.6 Å². The molecule has 0 bridgehead atoms. The summed E-state index contributed by atoms with van der Waals surface area (Å²) in [4.78, 5) is 10.8. The molecule has 0 aliphatic rings. The zero-order valence-electron chi connectivity index (χ0n) is 9.94. The number of anilines is 1. The molecule has 0 saturated heterocycles. The number of likely N-dealkylation sites (N-methyl/N-ethyl adjacent to an activating group) is 1. The normalized spacial score (nSPS) is 11.5. The molecule has 0 aromatic carbocycles. The maximum atomic E-state index is 5.90. The van der Waals surface area contributed by atoms with Crippen LogP contribution in [0.3, 0.4) is 0 Å². The Bertz CT molecular complexity index is 500. The molecule has 2 N–H and O–H groups in total. The molecule has 5 heteroatoms. The van der Waals surface area contributed by atoms with Gasteiger partial charge in [-0.15, -0.1) is 0 Å². The van der Waals surface area contributed by atoms with E-state index in [1.54, 1.807) is 6.20 Å². The Hall–Kier alpha value is -1.62. The van der Waals surface area contributed by atoms with E-state index in [1.165, 1.54) is 0 Å². The summed E-state index contributed by atoms with van der Waals surface area (Å²) in [5.41, 5.74) is 8.79. The van der Waals surface area contributed by atoms with Crippen LogP contribution in [0.5, 0.6) is 0 Å². The van der Waals surface area contributed by atoms with Crippen molar-refractivity contribution < 1.29 is 0 Å².